The lowest BCUT2D eigenvalue weighted by atomic mass is 9.88. The van der Waals surface area contributed by atoms with E-state index in [2.05, 4.69) is 5.32 Å². The van der Waals surface area contributed by atoms with E-state index in [1.807, 2.05) is 73.7 Å². The van der Waals surface area contributed by atoms with Crippen LogP contribution < -0.4 is 10.9 Å². The van der Waals surface area contributed by atoms with Crippen LogP contribution in [0.1, 0.15) is 31.1 Å². The number of fused-ring (bicyclic) bond motifs is 3. The van der Waals surface area contributed by atoms with Crippen LogP contribution in [0.15, 0.2) is 77.6 Å². The quantitative estimate of drug-likeness (QED) is 0.579. The van der Waals surface area contributed by atoms with Crippen molar-refractivity contribution in [2.45, 2.75) is 32.5 Å². The lowest BCUT2D eigenvalue weighted by Crippen LogP contribution is -2.47. The first-order valence-electron chi connectivity index (χ1n) is 12.2. The Balaban J connectivity index is 1.44. The van der Waals surface area contributed by atoms with Crippen molar-refractivity contribution < 1.29 is 14.7 Å². The standard InChI is InChI=1S/C29H29N3O4/c1-3-7-21-12-15-25-26-23(16-31(25)29(21)36)24(17-33)27(32(26)18(2)34)28(35)30-22-13-10-20(11-14-22)19-8-5-4-6-9-19/h3-15,23-24,26-27,33H,16-17H2,1-2H3,(H,30,35)/b7-3-/t23-,24-,26+,27-/m0/s1. The molecule has 0 radical (unpaired) electrons. The summed E-state index contributed by atoms with van der Waals surface area (Å²) in [5, 5.41) is 13.3. The molecule has 1 aromatic heterocycles. The number of hydrogen-bond acceptors (Lipinski definition) is 4. The van der Waals surface area contributed by atoms with Crippen LogP contribution in [0, 0.1) is 11.8 Å². The molecule has 0 spiro atoms. The molecule has 0 aliphatic carbocycles. The molecular weight excluding hydrogens is 454 g/mol. The molecule has 4 atom stereocenters. The maximum atomic E-state index is 13.5. The van der Waals surface area contributed by atoms with Crippen LogP contribution >= 0.6 is 0 Å². The van der Waals surface area contributed by atoms with Crippen LogP contribution in [0.3, 0.4) is 0 Å². The first-order chi connectivity index (χ1) is 17.4. The Morgan fingerprint density at radius 3 is 2.36 bits per heavy atom. The van der Waals surface area contributed by atoms with Crippen molar-refractivity contribution in [3.63, 3.8) is 0 Å². The summed E-state index contributed by atoms with van der Waals surface area (Å²) in [5.74, 6) is -1.33. The smallest absolute Gasteiger partial charge is 0.258 e. The fourth-order valence-corrected chi connectivity index (χ4v) is 5.76. The van der Waals surface area contributed by atoms with Crippen molar-refractivity contribution in [2.24, 2.45) is 11.8 Å². The zero-order valence-electron chi connectivity index (χ0n) is 20.3. The molecule has 0 bridgehead atoms. The monoisotopic (exact) mass is 483 g/mol. The molecule has 0 saturated carbocycles. The summed E-state index contributed by atoms with van der Waals surface area (Å²) in [7, 11) is 0. The Bertz CT molecular complexity index is 1380. The van der Waals surface area contributed by atoms with E-state index >= 15 is 0 Å². The molecule has 0 unspecified atom stereocenters. The molecule has 2 N–H and O–H groups in total. The molecule has 5 rings (SSSR count). The number of likely N-dealkylation sites (tertiary alicyclic amines) is 1. The van der Waals surface area contributed by atoms with Gasteiger partial charge in [-0.2, -0.15) is 0 Å². The summed E-state index contributed by atoms with van der Waals surface area (Å²) in [6.07, 6.45) is 3.57. The fraction of sp³-hybridized carbons (Fsp3) is 0.276. The van der Waals surface area contributed by atoms with E-state index < -0.39 is 18.0 Å². The maximum Gasteiger partial charge on any atom is 0.258 e. The second kappa shape index (κ2) is 9.59. The zero-order valence-corrected chi connectivity index (χ0v) is 20.3. The van der Waals surface area contributed by atoms with E-state index in [9.17, 15) is 19.5 Å². The SMILES string of the molecule is C/C=C\c1ccc2n(c1=O)C[C@H]1[C@H](CO)[C@@H](C(=O)Nc3ccc(-c4ccccc4)cc3)N(C(C)=O)[C@@H]21. The molecular formula is C29H29N3O4. The number of carbonyl (C=O) groups is 2. The van der Waals surface area contributed by atoms with E-state index in [4.69, 9.17) is 0 Å². The molecule has 3 aromatic rings. The van der Waals surface area contributed by atoms with Gasteiger partial charge in [-0.25, -0.2) is 0 Å². The fourth-order valence-electron chi connectivity index (χ4n) is 5.76. The highest BCUT2D eigenvalue weighted by Crippen LogP contribution is 2.49. The van der Waals surface area contributed by atoms with Crippen molar-refractivity contribution in [2.75, 3.05) is 11.9 Å². The van der Waals surface area contributed by atoms with E-state index in [0.717, 1.165) is 11.1 Å². The van der Waals surface area contributed by atoms with Gasteiger partial charge in [-0.3, -0.25) is 14.4 Å². The third-order valence-corrected chi connectivity index (χ3v) is 7.34. The van der Waals surface area contributed by atoms with Crippen LogP contribution in [0.5, 0.6) is 0 Å². The molecule has 2 aromatic carbocycles. The van der Waals surface area contributed by atoms with Gasteiger partial charge in [0.05, 0.1) is 6.04 Å². The Kier molecular flexibility index (Phi) is 6.33. The Hall–Kier alpha value is -3.97. The second-order valence-electron chi connectivity index (χ2n) is 9.39. The molecule has 2 aliphatic rings. The van der Waals surface area contributed by atoms with Gasteiger partial charge in [0, 0.05) is 48.9 Å². The highest BCUT2D eigenvalue weighted by Gasteiger charge is 2.56. The van der Waals surface area contributed by atoms with Crippen molar-refractivity contribution in [3.8, 4) is 11.1 Å². The summed E-state index contributed by atoms with van der Waals surface area (Å²) in [6.45, 7) is 3.37. The second-order valence-corrected chi connectivity index (χ2v) is 9.39. The molecule has 3 heterocycles. The number of aliphatic hydroxyl groups is 1. The van der Waals surface area contributed by atoms with Crippen LogP contribution in [0.4, 0.5) is 5.69 Å². The van der Waals surface area contributed by atoms with Gasteiger partial charge < -0.3 is 19.9 Å². The number of benzene rings is 2. The van der Waals surface area contributed by atoms with Gasteiger partial charge in [-0.05, 0) is 42.3 Å². The van der Waals surface area contributed by atoms with Crippen LogP contribution in [0.25, 0.3) is 17.2 Å². The third kappa shape index (κ3) is 3.95. The Morgan fingerprint density at radius 2 is 1.72 bits per heavy atom. The van der Waals surface area contributed by atoms with Crippen LogP contribution in [-0.2, 0) is 16.1 Å². The first-order valence-corrected chi connectivity index (χ1v) is 12.2. The summed E-state index contributed by atoms with van der Waals surface area (Å²) in [6, 6.07) is 19.8. The minimum absolute atomic E-state index is 0.125. The predicted molar refractivity (Wildman–Crippen MR) is 139 cm³/mol. The van der Waals surface area contributed by atoms with Crippen molar-refractivity contribution in [3.05, 3.63) is 94.4 Å². The number of carbonyl (C=O) groups excluding carboxylic acids is 2. The summed E-state index contributed by atoms with van der Waals surface area (Å²) < 4.78 is 1.68. The average Bonchev–Trinajstić information content (AvgIpc) is 3.42. The predicted octanol–water partition coefficient (Wildman–Crippen LogP) is 3.70. The number of rotatable bonds is 5. The summed E-state index contributed by atoms with van der Waals surface area (Å²) in [4.78, 5) is 40.9. The van der Waals surface area contributed by atoms with Crippen molar-refractivity contribution in [1.82, 2.24) is 9.47 Å². The zero-order chi connectivity index (χ0) is 25.4. The highest BCUT2D eigenvalue weighted by atomic mass is 16.3. The number of nitrogens with zero attached hydrogens (tertiary/aromatic N) is 2. The van der Waals surface area contributed by atoms with Gasteiger partial charge in [-0.15, -0.1) is 0 Å². The Labute approximate surface area is 209 Å². The normalized spacial score (nSPS) is 22.5. The lowest BCUT2D eigenvalue weighted by molar-refractivity contribution is -0.138. The van der Waals surface area contributed by atoms with Gasteiger partial charge in [-0.1, -0.05) is 54.6 Å². The number of allylic oxidation sites excluding steroid dienone is 1. The Morgan fingerprint density at radius 1 is 1.03 bits per heavy atom. The molecule has 7 heteroatoms. The molecule has 184 valence electrons. The molecule has 1 fully saturated rings. The number of hydrogen-bond donors (Lipinski definition) is 2. The summed E-state index contributed by atoms with van der Waals surface area (Å²) >= 11 is 0. The number of anilines is 1. The largest absolute Gasteiger partial charge is 0.396 e. The molecule has 2 aliphatic heterocycles. The van der Waals surface area contributed by atoms with Crippen LogP contribution in [-0.4, -0.2) is 39.0 Å². The number of amides is 2. The number of nitrogens with one attached hydrogen (secondary N) is 1. The maximum absolute atomic E-state index is 13.5. The van der Waals surface area contributed by atoms with E-state index in [1.54, 1.807) is 21.6 Å². The van der Waals surface area contributed by atoms with Crippen LogP contribution in [0.2, 0.25) is 0 Å². The average molecular weight is 484 g/mol. The molecule has 7 nitrogen and oxygen atoms in total. The van der Waals surface area contributed by atoms with Gasteiger partial charge in [0.25, 0.3) is 5.56 Å². The lowest BCUT2D eigenvalue weighted by Gasteiger charge is -2.30. The van der Waals surface area contributed by atoms with E-state index in [0.29, 0.717) is 23.5 Å². The topological polar surface area (TPSA) is 91.6 Å². The molecule has 1 saturated heterocycles. The number of pyridine rings is 1. The molecule has 36 heavy (non-hydrogen) atoms. The van der Waals surface area contributed by atoms with Crippen molar-refractivity contribution in [1.29, 1.82) is 0 Å². The van der Waals surface area contributed by atoms with Crippen molar-refractivity contribution >= 4 is 23.6 Å². The van der Waals surface area contributed by atoms with E-state index in [1.165, 1.54) is 6.92 Å². The third-order valence-electron chi connectivity index (χ3n) is 7.34. The van der Waals surface area contributed by atoms with Gasteiger partial charge in [0.2, 0.25) is 11.8 Å². The number of aliphatic hydroxyl groups excluding tert-OH is 1. The molecule has 2 amide bonds. The van der Waals surface area contributed by atoms with Gasteiger partial charge >= 0.3 is 0 Å². The number of aromatic nitrogens is 1. The minimum Gasteiger partial charge on any atom is -0.396 e. The highest BCUT2D eigenvalue weighted by molar-refractivity contribution is 5.98. The van der Waals surface area contributed by atoms with Gasteiger partial charge in [0.1, 0.15) is 6.04 Å². The first kappa shape index (κ1) is 23.8. The van der Waals surface area contributed by atoms with Gasteiger partial charge in [0.15, 0.2) is 0 Å². The van der Waals surface area contributed by atoms with E-state index in [-0.39, 0.29) is 29.9 Å². The summed E-state index contributed by atoms with van der Waals surface area (Å²) in [5.41, 5.74) is 3.87. The minimum atomic E-state index is -0.838.